The van der Waals surface area contributed by atoms with Crippen LogP contribution in [0.25, 0.3) is 0 Å². The molecule has 0 atom stereocenters. The molecule has 0 heterocycles. The van der Waals surface area contributed by atoms with Gasteiger partial charge in [-0.1, -0.05) is 34.6 Å². The van der Waals surface area contributed by atoms with Gasteiger partial charge < -0.3 is 10.6 Å². The van der Waals surface area contributed by atoms with Gasteiger partial charge in [0.2, 0.25) is 0 Å². The van der Waals surface area contributed by atoms with E-state index in [0.717, 1.165) is 19.6 Å². The molecule has 0 aliphatic heterocycles. The molecule has 0 amide bonds. The van der Waals surface area contributed by atoms with Crippen LogP contribution in [0, 0.1) is 5.41 Å². The molecule has 0 saturated carbocycles. The minimum Gasteiger partial charge on any atom is -0.317 e. The molecule has 86 valence electrons. The molecule has 0 aromatic heterocycles. The maximum atomic E-state index is 3.48. The third kappa shape index (κ3) is 11.9. The lowest BCUT2D eigenvalue weighted by Crippen LogP contribution is -2.28. The first-order valence-electron chi connectivity index (χ1n) is 5.86. The molecule has 0 saturated heterocycles. The van der Waals surface area contributed by atoms with Crippen LogP contribution in [0.15, 0.2) is 0 Å². The summed E-state index contributed by atoms with van der Waals surface area (Å²) in [5.74, 6) is 0. The average molecular weight is 200 g/mol. The van der Waals surface area contributed by atoms with Crippen LogP contribution in [-0.4, -0.2) is 25.7 Å². The Kier molecular flexibility index (Phi) is 7.20. The molecule has 0 aliphatic rings. The maximum absolute atomic E-state index is 3.48. The summed E-state index contributed by atoms with van der Waals surface area (Å²) in [7, 11) is 0. The van der Waals surface area contributed by atoms with Crippen molar-refractivity contribution in [3.8, 4) is 0 Å². The minimum absolute atomic E-state index is 0.461. The van der Waals surface area contributed by atoms with Crippen molar-refractivity contribution < 1.29 is 0 Å². The Hall–Kier alpha value is -0.0800. The van der Waals surface area contributed by atoms with Crippen LogP contribution in [0.2, 0.25) is 0 Å². The maximum Gasteiger partial charge on any atom is 0.00103 e. The highest BCUT2D eigenvalue weighted by molar-refractivity contribution is 4.63. The van der Waals surface area contributed by atoms with Crippen LogP contribution in [0.5, 0.6) is 0 Å². The Balaban J connectivity index is 3.07. The van der Waals surface area contributed by atoms with Crippen LogP contribution in [-0.2, 0) is 0 Å². The molecule has 0 aromatic carbocycles. The molecule has 2 N–H and O–H groups in total. The SMILES string of the molecule is CC(C)NCCCNCCC(C)(C)C. The lowest BCUT2D eigenvalue weighted by molar-refractivity contribution is 0.366. The van der Waals surface area contributed by atoms with Gasteiger partial charge in [-0.2, -0.15) is 0 Å². The van der Waals surface area contributed by atoms with Crippen LogP contribution in [0.3, 0.4) is 0 Å². The standard InChI is InChI=1S/C12H28N2/c1-11(2)14-9-6-8-13-10-7-12(3,4)5/h11,13-14H,6-10H2,1-5H3. The topological polar surface area (TPSA) is 24.1 Å². The van der Waals surface area contributed by atoms with Crippen molar-refractivity contribution in [2.24, 2.45) is 5.41 Å². The molecule has 0 fully saturated rings. The zero-order chi connectivity index (χ0) is 11.0. The largest absolute Gasteiger partial charge is 0.317 e. The van der Waals surface area contributed by atoms with Gasteiger partial charge in [-0.05, 0) is 37.9 Å². The molecular weight excluding hydrogens is 172 g/mol. The van der Waals surface area contributed by atoms with Gasteiger partial charge in [-0.15, -0.1) is 0 Å². The fourth-order valence-electron chi connectivity index (χ4n) is 1.19. The molecule has 0 aromatic rings. The zero-order valence-electron chi connectivity index (χ0n) is 10.6. The zero-order valence-corrected chi connectivity index (χ0v) is 10.6. The van der Waals surface area contributed by atoms with Gasteiger partial charge in [0.25, 0.3) is 0 Å². The Morgan fingerprint density at radius 2 is 1.64 bits per heavy atom. The summed E-state index contributed by atoms with van der Waals surface area (Å²) in [5.41, 5.74) is 0.461. The second-order valence-corrected chi connectivity index (χ2v) is 5.52. The van der Waals surface area contributed by atoms with Gasteiger partial charge in [0, 0.05) is 6.04 Å². The van der Waals surface area contributed by atoms with Crippen molar-refractivity contribution in [1.29, 1.82) is 0 Å². The van der Waals surface area contributed by atoms with Crippen LogP contribution < -0.4 is 10.6 Å². The second-order valence-electron chi connectivity index (χ2n) is 5.52. The van der Waals surface area contributed by atoms with E-state index in [1.807, 2.05) is 0 Å². The number of hydrogen-bond donors (Lipinski definition) is 2. The van der Waals surface area contributed by atoms with Crippen LogP contribution in [0.4, 0.5) is 0 Å². The monoisotopic (exact) mass is 200 g/mol. The smallest absolute Gasteiger partial charge is 0.00103 e. The molecule has 0 radical (unpaired) electrons. The van der Waals surface area contributed by atoms with Crippen molar-refractivity contribution in [3.05, 3.63) is 0 Å². The molecule has 0 aliphatic carbocycles. The predicted octanol–water partition coefficient (Wildman–Crippen LogP) is 2.40. The van der Waals surface area contributed by atoms with Gasteiger partial charge in [0.05, 0.1) is 0 Å². The molecule has 0 rings (SSSR count). The summed E-state index contributed by atoms with van der Waals surface area (Å²) in [5, 5.41) is 6.89. The van der Waals surface area contributed by atoms with Gasteiger partial charge in [0.15, 0.2) is 0 Å². The number of rotatable bonds is 7. The molecule has 2 heteroatoms. The van der Waals surface area contributed by atoms with E-state index in [2.05, 4.69) is 45.3 Å². The quantitative estimate of drug-likeness (QED) is 0.617. The van der Waals surface area contributed by atoms with E-state index in [1.54, 1.807) is 0 Å². The summed E-state index contributed by atoms with van der Waals surface area (Å²) in [6.07, 6.45) is 2.48. The summed E-state index contributed by atoms with van der Waals surface area (Å²) >= 11 is 0. The third-order valence-corrected chi connectivity index (χ3v) is 2.13. The van der Waals surface area contributed by atoms with E-state index in [4.69, 9.17) is 0 Å². The highest BCUT2D eigenvalue weighted by atomic mass is 14.9. The summed E-state index contributed by atoms with van der Waals surface area (Å²) in [4.78, 5) is 0. The van der Waals surface area contributed by atoms with Crippen molar-refractivity contribution in [2.75, 3.05) is 19.6 Å². The molecule has 0 unspecified atom stereocenters. The summed E-state index contributed by atoms with van der Waals surface area (Å²) in [6, 6.07) is 0.615. The van der Waals surface area contributed by atoms with E-state index in [9.17, 15) is 0 Å². The van der Waals surface area contributed by atoms with E-state index in [0.29, 0.717) is 11.5 Å². The van der Waals surface area contributed by atoms with E-state index in [-0.39, 0.29) is 0 Å². The normalized spacial score (nSPS) is 12.4. The number of hydrogen-bond acceptors (Lipinski definition) is 2. The van der Waals surface area contributed by atoms with E-state index in [1.165, 1.54) is 12.8 Å². The Bertz CT molecular complexity index is 125. The highest BCUT2D eigenvalue weighted by Gasteiger charge is 2.08. The van der Waals surface area contributed by atoms with Gasteiger partial charge in [-0.3, -0.25) is 0 Å². The van der Waals surface area contributed by atoms with Crippen molar-refractivity contribution >= 4 is 0 Å². The van der Waals surface area contributed by atoms with Gasteiger partial charge in [-0.25, -0.2) is 0 Å². The number of nitrogens with one attached hydrogen (secondary N) is 2. The molecule has 2 nitrogen and oxygen atoms in total. The fraction of sp³-hybridized carbons (Fsp3) is 1.00. The van der Waals surface area contributed by atoms with Crippen molar-refractivity contribution in [3.63, 3.8) is 0 Å². The van der Waals surface area contributed by atoms with Crippen LogP contribution >= 0.6 is 0 Å². The third-order valence-electron chi connectivity index (χ3n) is 2.13. The average Bonchev–Trinajstić information content (AvgIpc) is 2.00. The van der Waals surface area contributed by atoms with E-state index >= 15 is 0 Å². The highest BCUT2D eigenvalue weighted by Crippen LogP contribution is 2.16. The fourth-order valence-corrected chi connectivity index (χ4v) is 1.19. The lowest BCUT2D eigenvalue weighted by Gasteiger charge is -2.18. The van der Waals surface area contributed by atoms with Crippen molar-refractivity contribution in [1.82, 2.24) is 10.6 Å². The molecular formula is C12H28N2. The second kappa shape index (κ2) is 7.24. The van der Waals surface area contributed by atoms with Crippen molar-refractivity contribution in [2.45, 2.75) is 53.5 Å². The van der Waals surface area contributed by atoms with Gasteiger partial charge >= 0.3 is 0 Å². The summed E-state index contributed by atoms with van der Waals surface area (Å²) < 4.78 is 0. The molecule has 0 bridgehead atoms. The first kappa shape index (κ1) is 13.9. The Morgan fingerprint density at radius 1 is 1.00 bits per heavy atom. The lowest BCUT2D eigenvalue weighted by atomic mass is 9.92. The van der Waals surface area contributed by atoms with Gasteiger partial charge in [0.1, 0.15) is 0 Å². The Morgan fingerprint density at radius 3 is 2.14 bits per heavy atom. The first-order chi connectivity index (χ1) is 6.42. The first-order valence-corrected chi connectivity index (χ1v) is 5.86. The van der Waals surface area contributed by atoms with E-state index < -0.39 is 0 Å². The molecule has 14 heavy (non-hydrogen) atoms. The predicted molar refractivity (Wildman–Crippen MR) is 64.7 cm³/mol. The minimum atomic E-state index is 0.461. The summed E-state index contributed by atoms with van der Waals surface area (Å²) in [6.45, 7) is 14.6. The molecule has 0 spiro atoms. The van der Waals surface area contributed by atoms with Crippen LogP contribution in [0.1, 0.15) is 47.5 Å². The Labute approximate surface area is 89.9 Å².